The summed E-state index contributed by atoms with van der Waals surface area (Å²) in [6.07, 6.45) is -4.59. The fraction of sp³-hybridized carbons (Fsp3) is 0.222. The Morgan fingerprint density at radius 1 is 1.53 bits per heavy atom. The minimum absolute atomic E-state index is 0.0238. The van der Waals surface area contributed by atoms with Gasteiger partial charge >= 0.3 is 6.18 Å². The van der Waals surface area contributed by atoms with E-state index in [0.29, 0.717) is 17.8 Å². The van der Waals surface area contributed by atoms with Gasteiger partial charge < -0.3 is 5.73 Å². The number of thioether (sulfide) groups is 1. The normalized spacial score (nSPS) is 10.9. The molecular formula is C9H6F3N3OS. The molecule has 90 valence electrons. The molecule has 1 rings (SSSR count). The van der Waals surface area contributed by atoms with Gasteiger partial charge in [0, 0.05) is 0 Å². The first-order valence-corrected chi connectivity index (χ1v) is 5.22. The van der Waals surface area contributed by atoms with Gasteiger partial charge in [-0.05, 0) is 12.1 Å². The summed E-state index contributed by atoms with van der Waals surface area (Å²) in [6, 6.07) is 3.42. The number of primary amides is 1. The number of pyridine rings is 1. The van der Waals surface area contributed by atoms with Crippen molar-refractivity contribution in [3.8, 4) is 6.07 Å². The van der Waals surface area contributed by atoms with Crippen molar-refractivity contribution in [2.24, 2.45) is 5.73 Å². The minimum atomic E-state index is -4.59. The Kier molecular flexibility index (Phi) is 3.96. The smallest absolute Gasteiger partial charge is 0.369 e. The van der Waals surface area contributed by atoms with Crippen LogP contribution < -0.4 is 5.73 Å². The molecule has 0 aliphatic heterocycles. The number of halogens is 3. The van der Waals surface area contributed by atoms with E-state index in [1.54, 1.807) is 6.07 Å². The van der Waals surface area contributed by atoms with Gasteiger partial charge in [0.25, 0.3) is 0 Å². The third-order valence-electron chi connectivity index (χ3n) is 1.62. The van der Waals surface area contributed by atoms with Crippen molar-refractivity contribution in [1.29, 1.82) is 5.26 Å². The molecule has 0 saturated heterocycles. The summed E-state index contributed by atoms with van der Waals surface area (Å²) in [5, 5.41) is 8.52. The third kappa shape index (κ3) is 3.64. The summed E-state index contributed by atoms with van der Waals surface area (Å²) < 4.78 is 37.1. The van der Waals surface area contributed by atoms with Gasteiger partial charge in [-0.2, -0.15) is 18.4 Å². The lowest BCUT2D eigenvalue weighted by molar-refractivity contribution is -0.141. The van der Waals surface area contributed by atoms with Gasteiger partial charge in [-0.1, -0.05) is 11.8 Å². The van der Waals surface area contributed by atoms with Crippen LogP contribution in [0.4, 0.5) is 13.2 Å². The summed E-state index contributed by atoms with van der Waals surface area (Å²) in [4.78, 5) is 13.8. The lowest BCUT2D eigenvalue weighted by atomic mass is 10.2. The number of carbonyl (C=O) groups excluding carboxylic acids is 1. The third-order valence-corrected chi connectivity index (χ3v) is 2.64. The van der Waals surface area contributed by atoms with Gasteiger partial charge in [0.05, 0.1) is 11.3 Å². The van der Waals surface area contributed by atoms with Gasteiger partial charge in [0.2, 0.25) is 5.91 Å². The van der Waals surface area contributed by atoms with Crippen LogP contribution in [-0.2, 0) is 11.0 Å². The van der Waals surface area contributed by atoms with Crippen LogP contribution >= 0.6 is 11.8 Å². The number of nitriles is 1. The van der Waals surface area contributed by atoms with Crippen molar-refractivity contribution >= 4 is 17.7 Å². The molecule has 0 atom stereocenters. The highest BCUT2D eigenvalue weighted by Gasteiger charge is 2.33. The van der Waals surface area contributed by atoms with Gasteiger partial charge in [-0.15, -0.1) is 0 Å². The second-order valence-corrected chi connectivity index (χ2v) is 3.88. The summed E-state index contributed by atoms with van der Waals surface area (Å²) >= 11 is 0.702. The van der Waals surface area contributed by atoms with Gasteiger partial charge in [0.15, 0.2) is 0 Å². The highest BCUT2D eigenvalue weighted by molar-refractivity contribution is 7.99. The summed E-state index contributed by atoms with van der Waals surface area (Å²) in [5.74, 6) is -0.929. The van der Waals surface area contributed by atoms with Crippen molar-refractivity contribution in [1.82, 2.24) is 4.98 Å². The second kappa shape index (κ2) is 5.05. The number of rotatable bonds is 3. The molecule has 1 amide bonds. The first kappa shape index (κ1) is 13.3. The van der Waals surface area contributed by atoms with Crippen molar-refractivity contribution < 1.29 is 18.0 Å². The SMILES string of the molecule is N#Cc1ccc(C(F)(F)F)nc1SCC(N)=O. The molecule has 0 aliphatic rings. The Labute approximate surface area is 98.6 Å². The fourth-order valence-corrected chi connectivity index (χ4v) is 1.64. The zero-order valence-corrected chi connectivity index (χ0v) is 9.10. The van der Waals surface area contributed by atoms with E-state index in [1.165, 1.54) is 0 Å². The Morgan fingerprint density at radius 3 is 2.65 bits per heavy atom. The summed E-state index contributed by atoms with van der Waals surface area (Å²) in [7, 11) is 0. The second-order valence-electron chi connectivity index (χ2n) is 2.91. The van der Waals surface area contributed by atoms with E-state index in [-0.39, 0.29) is 16.3 Å². The molecule has 8 heteroatoms. The van der Waals surface area contributed by atoms with Crippen LogP contribution in [0.1, 0.15) is 11.3 Å². The lowest BCUT2D eigenvalue weighted by Crippen LogP contribution is -2.14. The van der Waals surface area contributed by atoms with Crippen molar-refractivity contribution in [2.75, 3.05) is 5.75 Å². The standard InChI is InChI=1S/C9H6F3N3OS/c10-9(11,12)6-2-1-5(3-13)8(15-6)17-4-7(14)16/h1-2H,4H2,(H2,14,16). The largest absolute Gasteiger partial charge is 0.433 e. The molecule has 1 aromatic heterocycles. The van der Waals surface area contributed by atoms with Gasteiger partial charge in [0.1, 0.15) is 16.8 Å². The number of hydrogen-bond acceptors (Lipinski definition) is 4. The van der Waals surface area contributed by atoms with E-state index in [4.69, 9.17) is 11.0 Å². The Morgan fingerprint density at radius 2 is 2.18 bits per heavy atom. The molecule has 2 N–H and O–H groups in total. The van der Waals surface area contributed by atoms with Crippen LogP contribution in [0.2, 0.25) is 0 Å². The molecule has 17 heavy (non-hydrogen) atoms. The van der Waals surface area contributed by atoms with Crippen LogP contribution in [0.3, 0.4) is 0 Å². The molecule has 0 unspecified atom stereocenters. The number of nitrogens with two attached hydrogens (primary N) is 1. The molecule has 1 aromatic rings. The number of alkyl halides is 3. The number of carbonyl (C=O) groups is 1. The first-order chi connectivity index (χ1) is 7.84. The van der Waals surface area contributed by atoms with Crippen molar-refractivity contribution in [3.05, 3.63) is 23.4 Å². The van der Waals surface area contributed by atoms with Crippen LogP contribution in [0.15, 0.2) is 17.2 Å². The molecule has 1 heterocycles. The van der Waals surface area contributed by atoms with Gasteiger partial charge in [-0.25, -0.2) is 4.98 Å². The van der Waals surface area contributed by atoms with Crippen LogP contribution in [0, 0.1) is 11.3 Å². The maximum absolute atomic E-state index is 12.4. The van der Waals surface area contributed by atoms with E-state index in [2.05, 4.69) is 4.98 Å². The first-order valence-electron chi connectivity index (χ1n) is 4.24. The highest BCUT2D eigenvalue weighted by Crippen LogP contribution is 2.30. The highest BCUT2D eigenvalue weighted by atomic mass is 32.2. The predicted octanol–water partition coefficient (Wildman–Crippen LogP) is 1.55. The Hall–Kier alpha value is -1.75. The molecule has 0 bridgehead atoms. The molecule has 0 radical (unpaired) electrons. The van der Waals surface area contributed by atoms with Crippen molar-refractivity contribution in [3.63, 3.8) is 0 Å². The maximum atomic E-state index is 12.4. The number of nitrogens with zero attached hydrogens (tertiary/aromatic N) is 2. The number of hydrogen-bond donors (Lipinski definition) is 1. The quantitative estimate of drug-likeness (QED) is 0.837. The summed E-state index contributed by atoms with van der Waals surface area (Å²) in [6.45, 7) is 0. The average molecular weight is 261 g/mol. The number of aromatic nitrogens is 1. The van der Waals surface area contributed by atoms with Crippen molar-refractivity contribution in [2.45, 2.75) is 11.2 Å². The molecule has 0 spiro atoms. The van der Waals surface area contributed by atoms with E-state index < -0.39 is 17.8 Å². The molecular weight excluding hydrogens is 255 g/mol. The Balaban J connectivity index is 3.08. The zero-order valence-electron chi connectivity index (χ0n) is 8.28. The monoisotopic (exact) mass is 261 g/mol. The topological polar surface area (TPSA) is 79.8 Å². The molecule has 0 aromatic carbocycles. The molecule has 4 nitrogen and oxygen atoms in total. The van der Waals surface area contributed by atoms with Gasteiger partial charge in [-0.3, -0.25) is 4.79 Å². The average Bonchev–Trinajstić information content (AvgIpc) is 2.24. The zero-order chi connectivity index (χ0) is 13.1. The molecule has 0 aliphatic carbocycles. The Bertz CT molecular complexity index is 481. The van der Waals surface area contributed by atoms with E-state index >= 15 is 0 Å². The lowest BCUT2D eigenvalue weighted by Gasteiger charge is -2.08. The fourth-order valence-electron chi connectivity index (χ4n) is 0.933. The van der Waals surface area contributed by atoms with Crippen LogP contribution in [0.5, 0.6) is 0 Å². The predicted molar refractivity (Wildman–Crippen MR) is 53.9 cm³/mol. The van der Waals surface area contributed by atoms with E-state index in [0.717, 1.165) is 6.07 Å². The molecule has 0 fully saturated rings. The van der Waals surface area contributed by atoms with Crippen LogP contribution in [0.25, 0.3) is 0 Å². The minimum Gasteiger partial charge on any atom is -0.369 e. The summed E-state index contributed by atoms with van der Waals surface area (Å²) in [5.41, 5.74) is 3.73. The van der Waals surface area contributed by atoms with E-state index in [9.17, 15) is 18.0 Å². The number of amides is 1. The van der Waals surface area contributed by atoms with E-state index in [1.807, 2.05) is 0 Å². The molecule has 0 saturated carbocycles. The maximum Gasteiger partial charge on any atom is 0.433 e. The van der Waals surface area contributed by atoms with Crippen LogP contribution in [-0.4, -0.2) is 16.6 Å².